The molecule has 0 bridgehead atoms. The second-order valence-electron chi connectivity index (χ2n) is 9.71. The maximum absolute atomic E-state index is 12.2. The summed E-state index contributed by atoms with van der Waals surface area (Å²) < 4.78 is 0. The van der Waals surface area contributed by atoms with Gasteiger partial charge in [-0.05, 0) is 38.5 Å². The minimum atomic E-state index is -0.220. The van der Waals surface area contributed by atoms with E-state index in [4.69, 9.17) is 0 Å². The lowest BCUT2D eigenvalue weighted by atomic mass is 10.1. The lowest BCUT2D eigenvalue weighted by Crippen LogP contribution is -2.43. The molecular formula is C26H46N4O4. The molecule has 2 N–H and O–H groups in total. The number of likely N-dealkylation sites (tertiary alicyclic amines) is 2. The van der Waals surface area contributed by atoms with Gasteiger partial charge < -0.3 is 10.6 Å². The maximum Gasteiger partial charge on any atom is 0.324 e. The molecule has 2 rings (SSSR count). The Balaban J connectivity index is 1.34. The summed E-state index contributed by atoms with van der Waals surface area (Å²) in [6.07, 6.45) is 18.0. The summed E-state index contributed by atoms with van der Waals surface area (Å²) in [7, 11) is 0. The minimum absolute atomic E-state index is 0.0379. The predicted octanol–water partition coefficient (Wildman–Crippen LogP) is 5.11. The molecule has 2 aliphatic heterocycles. The second-order valence-corrected chi connectivity index (χ2v) is 9.71. The monoisotopic (exact) mass is 478 g/mol. The average molecular weight is 479 g/mol. The Morgan fingerprint density at radius 2 is 0.882 bits per heavy atom. The molecule has 2 fully saturated rings. The number of carbonyl (C=O) groups is 4. The molecule has 0 unspecified atom stereocenters. The number of hydrogen-bond donors (Lipinski definition) is 2. The molecule has 0 aromatic heterocycles. The van der Waals surface area contributed by atoms with Crippen molar-refractivity contribution in [2.45, 2.75) is 116 Å². The highest BCUT2D eigenvalue weighted by molar-refractivity contribution is 5.95. The highest BCUT2D eigenvalue weighted by Gasteiger charge is 2.23. The first-order valence-electron chi connectivity index (χ1n) is 13.8. The van der Waals surface area contributed by atoms with Gasteiger partial charge in [0.1, 0.15) is 0 Å². The van der Waals surface area contributed by atoms with E-state index in [1.807, 2.05) is 0 Å². The van der Waals surface area contributed by atoms with Crippen molar-refractivity contribution in [1.29, 1.82) is 0 Å². The molecule has 0 spiro atoms. The summed E-state index contributed by atoms with van der Waals surface area (Å²) >= 11 is 0. The zero-order chi connectivity index (χ0) is 24.4. The Labute approximate surface area is 205 Å². The minimum Gasteiger partial charge on any atom is -0.338 e. The van der Waals surface area contributed by atoms with Crippen LogP contribution in [-0.2, 0) is 9.59 Å². The number of hydrogen-bond acceptors (Lipinski definition) is 4. The van der Waals surface area contributed by atoms with Gasteiger partial charge in [0.2, 0.25) is 11.8 Å². The maximum atomic E-state index is 12.2. The van der Waals surface area contributed by atoms with Gasteiger partial charge >= 0.3 is 12.1 Å². The van der Waals surface area contributed by atoms with Gasteiger partial charge in [-0.2, -0.15) is 0 Å². The number of imide groups is 2. The number of carbonyl (C=O) groups excluding carboxylic acids is 4. The Morgan fingerprint density at radius 1 is 0.529 bits per heavy atom. The number of unbranched alkanes of at least 4 members (excludes halogenated alkanes) is 9. The molecule has 34 heavy (non-hydrogen) atoms. The zero-order valence-corrected chi connectivity index (χ0v) is 21.1. The number of nitrogens with one attached hydrogen (secondary N) is 2. The van der Waals surface area contributed by atoms with Crippen LogP contribution in [0, 0.1) is 0 Å². The summed E-state index contributed by atoms with van der Waals surface area (Å²) in [5.74, 6) is -0.0758. The van der Waals surface area contributed by atoms with Gasteiger partial charge in [0, 0.05) is 39.0 Å². The van der Waals surface area contributed by atoms with Crippen LogP contribution in [0.3, 0.4) is 0 Å². The van der Waals surface area contributed by atoms with E-state index in [-0.39, 0.29) is 23.9 Å². The third kappa shape index (κ3) is 11.3. The fraction of sp³-hybridized carbons (Fsp3) is 0.846. The van der Waals surface area contributed by atoms with Crippen LogP contribution < -0.4 is 10.6 Å². The Morgan fingerprint density at radius 3 is 1.26 bits per heavy atom. The van der Waals surface area contributed by atoms with Gasteiger partial charge in [-0.25, -0.2) is 9.59 Å². The summed E-state index contributed by atoms with van der Waals surface area (Å²) in [6.45, 7) is 2.40. The number of rotatable bonds is 13. The smallest absolute Gasteiger partial charge is 0.324 e. The number of urea groups is 2. The molecule has 8 heteroatoms. The quantitative estimate of drug-likeness (QED) is 0.359. The van der Waals surface area contributed by atoms with E-state index in [0.29, 0.717) is 39.0 Å². The molecule has 0 atom stereocenters. The molecular weight excluding hydrogens is 432 g/mol. The van der Waals surface area contributed by atoms with E-state index in [1.54, 1.807) is 0 Å². The van der Waals surface area contributed by atoms with Crippen molar-refractivity contribution < 1.29 is 19.2 Å². The molecule has 2 heterocycles. The van der Waals surface area contributed by atoms with Gasteiger partial charge in [0.05, 0.1) is 0 Å². The van der Waals surface area contributed by atoms with E-state index in [1.165, 1.54) is 48.3 Å². The van der Waals surface area contributed by atoms with Crippen molar-refractivity contribution in [2.24, 2.45) is 0 Å². The van der Waals surface area contributed by atoms with Crippen molar-refractivity contribution in [3.05, 3.63) is 0 Å². The first-order valence-corrected chi connectivity index (χ1v) is 13.8. The van der Waals surface area contributed by atoms with Crippen LogP contribution in [0.25, 0.3) is 0 Å². The van der Waals surface area contributed by atoms with Gasteiger partial charge in [-0.15, -0.1) is 0 Å². The second kappa shape index (κ2) is 17.3. The first-order chi connectivity index (χ1) is 16.6. The molecule has 0 saturated carbocycles. The first kappa shape index (κ1) is 28.1. The normalized spacial score (nSPS) is 17.3. The van der Waals surface area contributed by atoms with Crippen molar-refractivity contribution in [1.82, 2.24) is 20.4 Å². The Kier molecular flexibility index (Phi) is 14.3. The number of amides is 6. The van der Waals surface area contributed by atoms with Gasteiger partial charge in [-0.3, -0.25) is 19.4 Å². The molecule has 6 amide bonds. The van der Waals surface area contributed by atoms with E-state index in [0.717, 1.165) is 64.2 Å². The molecule has 194 valence electrons. The Bertz CT molecular complexity index is 586. The van der Waals surface area contributed by atoms with E-state index in [2.05, 4.69) is 10.6 Å². The molecule has 0 radical (unpaired) electrons. The van der Waals surface area contributed by atoms with Crippen LogP contribution in [0.4, 0.5) is 9.59 Å². The van der Waals surface area contributed by atoms with Crippen molar-refractivity contribution in [3.63, 3.8) is 0 Å². The van der Waals surface area contributed by atoms with Gasteiger partial charge in [0.15, 0.2) is 0 Å². The van der Waals surface area contributed by atoms with Crippen LogP contribution >= 0.6 is 0 Å². The van der Waals surface area contributed by atoms with Crippen LogP contribution in [0.5, 0.6) is 0 Å². The lowest BCUT2D eigenvalue weighted by Gasteiger charge is -2.19. The number of nitrogens with zero attached hydrogens (tertiary/aromatic N) is 2. The SMILES string of the molecule is O=C1CCCCCN1C(=O)NCCCCCCCCCCCCNC(=O)N1CCCCCC1=O. The highest BCUT2D eigenvalue weighted by atomic mass is 16.2. The largest absolute Gasteiger partial charge is 0.338 e. The average Bonchev–Trinajstić information content (AvgIpc) is 3.18. The van der Waals surface area contributed by atoms with E-state index < -0.39 is 0 Å². The predicted molar refractivity (Wildman–Crippen MR) is 133 cm³/mol. The van der Waals surface area contributed by atoms with E-state index in [9.17, 15) is 19.2 Å². The summed E-state index contributed by atoms with van der Waals surface area (Å²) in [4.78, 5) is 50.9. The molecule has 0 aliphatic carbocycles. The molecule has 8 nitrogen and oxygen atoms in total. The third-order valence-electron chi connectivity index (χ3n) is 6.79. The third-order valence-corrected chi connectivity index (χ3v) is 6.79. The van der Waals surface area contributed by atoms with Crippen molar-refractivity contribution in [3.8, 4) is 0 Å². The summed E-state index contributed by atoms with van der Waals surface area (Å²) in [5.41, 5.74) is 0. The van der Waals surface area contributed by atoms with Crippen molar-refractivity contribution >= 4 is 23.9 Å². The van der Waals surface area contributed by atoms with Gasteiger partial charge in [0.25, 0.3) is 0 Å². The van der Waals surface area contributed by atoms with Crippen LogP contribution in [-0.4, -0.2) is 59.9 Å². The summed E-state index contributed by atoms with van der Waals surface area (Å²) in [6, 6.07) is -0.441. The fourth-order valence-electron chi connectivity index (χ4n) is 4.64. The molecule has 0 aromatic rings. The molecule has 2 aliphatic rings. The van der Waals surface area contributed by atoms with Crippen LogP contribution in [0.1, 0.15) is 116 Å². The van der Waals surface area contributed by atoms with E-state index >= 15 is 0 Å². The molecule has 0 aromatic carbocycles. The van der Waals surface area contributed by atoms with Gasteiger partial charge in [-0.1, -0.05) is 64.2 Å². The topological polar surface area (TPSA) is 98.8 Å². The lowest BCUT2D eigenvalue weighted by molar-refractivity contribution is -0.128. The van der Waals surface area contributed by atoms with Crippen LogP contribution in [0.2, 0.25) is 0 Å². The van der Waals surface area contributed by atoms with Crippen molar-refractivity contribution in [2.75, 3.05) is 26.2 Å². The highest BCUT2D eigenvalue weighted by Crippen LogP contribution is 2.13. The zero-order valence-electron chi connectivity index (χ0n) is 21.1. The summed E-state index contributed by atoms with van der Waals surface area (Å²) in [5, 5.41) is 5.79. The Hall–Kier alpha value is -2.12. The standard InChI is InChI=1S/C26H46N4O4/c31-23-17-11-9-15-21-29(23)25(33)27-19-13-7-5-3-1-2-4-6-8-14-20-28-26(34)30-22-16-10-12-18-24(30)32/h1-22H2,(H,27,33)(H,28,34). The molecule has 2 saturated heterocycles. The fourth-order valence-corrected chi connectivity index (χ4v) is 4.64. The van der Waals surface area contributed by atoms with Crippen LogP contribution in [0.15, 0.2) is 0 Å².